The van der Waals surface area contributed by atoms with Crippen molar-refractivity contribution in [1.29, 1.82) is 0 Å². The molecule has 4 heteroatoms. The van der Waals surface area contributed by atoms with Crippen LogP contribution in [0.25, 0.3) is 0 Å². The molecule has 22 heavy (non-hydrogen) atoms. The average molecular weight is 304 g/mol. The summed E-state index contributed by atoms with van der Waals surface area (Å²) in [5.74, 6) is -1.37. The highest BCUT2D eigenvalue weighted by Crippen LogP contribution is 2.17. The van der Waals surface area contributed by atoms with Gasteiger partial charge in [-0.1, -0.05) is 36.4 Å². The van der Waals surface area contributed by atoms with Gasteiger partial charge in [-0.2, -0.15) is 0 Å². The molecule has 0 N–H and O–H groups in total. The third-order valence-corrected chi connectivity index (χ3v) is 2.84. The molecule has 0 aromatic heterocycles. The molecule has 0 saturated heterocycles. The van der Waals surface area contributed by atoms with Crippen LogP contribution >= 0.6 is 0 Å². The molecule has 0 aliphatic heterocycles. The minimum absolute atomic E-state index is 0.00306. The summed E-state index contributed by atoms with van der Waals surface area (Å²) in [4.78, 5) is 24.0. The zero-order valence-corrected chi connectivity index (χ0v) is 13.5. The first-order valence-electron chi connectivity index (χ1n) is 7.35. The van der Waals surface area contributed by atoms with E-state index in [4.69, 9.17) is 9.47 Å². The quantitative estimate of drug-likeness (QED) is 0.570. The largest absolute Gasteiger partial charge is 0.461 e. The van der Waals surface area contributed by atoms with E-state index in [0.717, 1.165) is 5.56 Å². The summed E-state index contributed by atoms with van der Waals surface area (Å²) in [7, 11) is 0. The lowest BCUT2D eigenvalue weighted by Gasteiger charge is -2.21. The average Bonchev–Trinajstić information content (AvgIpc) is 2.43. The van der Waals surface area contributed by atoms with Crippen LogP contribution < -0.4 is 0 Å². The number of carbonyl (C=O) groups excluding carboxylic acids is 2. The van der Waals surface area contributed by atoms with Crippen molar-refractivity contribution in [2.24, 2.45) is 5.92 Å². The van der Waals surface area contributed by atoms with Crippen molar-refractivity contribution < 1.29 is 19.1 Å². The molecule has 0 fully saturated rings. The molecule has 1 rings (SSSR count). The van der Waals surface area contributed by atoms with Crippen molar-refractivity contribution >= 4 is 11.9 Å². The lowest BCUT2D eigenvalue weighted by atomic mass is 10.0. The third-order valence-electron chi connectivity index (χ3n) is 2.84. The van der Waals surface area contributed by atoms with Crippen LogP contribution in [0.15, 0.2) is 43.0 Å². The fraction of sp³-hybridized carbons (Fsp3) is 0.444. The van der Waals surface area contributed by atoms with E-state index in [9.17, 15) is 9.59 Å². The minimum atomic E-state index is -0.566. The molecule has 0 spiro atoms. The van der Waals surface area contributed by atoms with E-state index in [1.165, 1.54) is 0 Å². The molecule has 120 valence electrons. The highest BCUT2D eigenvalue weighted by atomic mass is 16.6. The van der Waals surface area contributed by atoms with Crippen molar-refractivity contribution in [3.63, 3.8) is 0 Å². The normalized spacial score (nSPS) is 12.3. The number of benzene rings is 1. The summed E-state index contributed by atoms with van der Waals surface area (Å²) in [6.07, 6.45) is 1.99. The summed E-state index contributed by atoms with van der Waals surface area (Å²) >= 11 is 0. The van der Waals surface area contributed by atoms with Crippen molar-refractivity contribution in [2.45, 2.75) is 45.8 Å². The summed E-state index contributed by atoms with van der Waals surface area (Å²) in [5.41, 5.74) is 0.342. The van der Waals surface area contributed by atoms with E-state index in [-0.39, 0.29) is 13.0 Å². The predicted octanol–water partition coefficient (Wildman–Crippen LogP) is 3.65. The Labute approximate surface area is 132 Å². The molecule has 4 nitrogen and oxygen atoms in total. The van der Waals surface area contributed by atoms with Crippen LogP contribution in [0, 0.1) is 5.92 Å². The van der Waals surface area contributed by atoms with Gasteiger partial charge in [-0.05, 0) is 32.8 Å². The number of hydrogen-bond donors (Lipinski definition) is 0. The molecule has 0 bridgehead atoms. The Hall–Kier alpha value is -2.10. The monoisotopic (exact) mass is 304 g/mol. The Bertz CT molecular complexity index is 500. The van der Waals surface area contributed by atoms with Gasteiger partial charge in [0.2, 0.25) is 0 Å². The van der Waals surface area contributed by atoms with Crippen LogP contribution in [0.5, 0.6) is 0 Å². The number of rotatable bonds is 7. The van der Waals surface area contributed by atoms with E-state index in [0.29, 0.717) is 6.42 Å². The smallest absolute Gasteiger partial charge is 0.310 e. The second-order valence-electron chi connectivity index (χ2n) is 6.11. The van der Waals surface area contributed by atoms with Crippen LogP contribution in [0.1, 0.15) is 39.2 Å². The highest BCUT2D eigenvalue weighted by Gasteiger charge is 2.25. The Balaban J connectivity index is 2.56. The highest BCUT2D eigenvalue weighted by molar-refractivity contribution is 5.80. The molecule has 1 aromatic rings. The van der Waals surface area contributed by atoms with Gasteiger partial charge in [0.25, 0.3) is 0 Å². The molecule has 0 unspecified atom stereocenters. The first kappa shape index (κ1) is 18.0. The van der Waals surface area contributed by atoms with Crippen LogP contribution in [-0.4, -0.2) is 17.5 Å². The summed E-state index contributed by atoms with van der Waals surface area (Å²) in [5, 5.41) is 0. The lowest BCUT2D eigenvalue weighted by molar-refractivity contribution is -0.162. The molecule has 0 heterocycles. The van der Waals surface area contributed by atoms with E-state index in [1.54, 1.807) is 26.8 Å². The van der Waals surface area contributed by atoms with Crippen molar-refractivity contribution in [1.82, 2.24) is 0 Å². The molecule has 1 aromatic carbocycles. The molecule has 0 saturated carbocycles. The number of allylic oxidation sites excluding steroid dienone is 1. The van der Waals surface area contributed by atoms with Crippen LogP contribution in [0.4, 0.5) is 0 Å². The molecule has 0 aliphatic rings. The maximum Gasteiger partial charge on any atom is 0.310 e. The predicted molar refractivity (Wildman–Crippen MR) is 85.0 cm³/mol. The number of carbonyl (C=O) groups is 2. The van der Waals surface area contributed by atoms with Gasteiger partial charge in [0.05, 0.1) is 12.3 Å². The van der Waals surface area contributed by atoms with E-state index < -0.39 is 23.5 Å². The first-order chi connectivity index (χ1) is 10.3. The van der Waals surface area contributed by atoms with Crippen LogP contribution in [-0.2, 0) is 25.7 Å². The zero-order chi connectivity index (χ0) is 16.6. The van der Waals surface area contributed by atoms with E-state index >= 15 is 0 Å². The molecule has 1 atom stereocenters. The summed E-state index contributed by atoms with van der Waals surface area (Å²) in [6.45, 7) is 9.20. The third kappa shape index (κ3) is 7.07. The zero-order valence-electron chi connectivity index (χ0n) is 13.5. The van der Waals surface area contributed by atoms with Gasteiger partial charge in [0.1, 0.15) is 12.2 Å². The molecular formula is C18H24O4. The van der Waals surface area contributed by atoms with Crippen LogP contribution in [0.2, 0.25) is 0 Å². The maximum absolute atomic E-state index is 12.1. The first-order valence-corrected chi connectivity index (χ1v) is 7.35. The van der Waals surface area contributed by atoms with Crippen LogP contribution in [0.3, 0.4) is 0 Å². The lowest BCUT2D eigenvalue weighted by Crippen LogP contribution is -2.28. The van der Waals surface area contributed by atoms with Crippen molar-refractivity contribution in [3.8, 4) is 0 Å². The topological polar surface area (TPSA) is 52.6 Å². The van der Waals surface area contributed by atoms with Gasteiger partial charge in [0, 0.05) is 0 Å². The van der Waals surface area contributed by atoms with Crippen molar-refractivity contribution in [3.05, 3.63) is 48.6 Å². The van der Waals surface area contributed by atoms with E-state index in [2.05, 4.69) is 6.58 Å². The SMILES string of the molecule is C=CC[C@@H](CC(=O)OC(C)(C)C)C(=O)OCc1ccccc1. The number of ether oxygens (including phenoxy) is 2. The molecule has 0 radical (unpaired) electrons. The van der Waals surface area contributed by atoms with Gasteiger partial charge >= 0.3 is 11.9 Å². The minimum Gasteiger partial charge on any atom is -0.461 e. The molecule has 0 amide bonds. The second kappa shape index (κ2) is 8.37. The fourth-order valence-electron chi connectivity index (χ4n) is 1.89. The summed E-state index contributed by atoms with van der Waals surface area (Å²) in [6, 6.07) is 9.41. The van der Waals surface area contributed by atoms with Gasteiger partial charge in [-0.3, -0.25) is 9.59 Å². The molecule has 0 aliphatic carbocycles. The molecular weight excluding hydrogens is 280 g/mol. The summed E-state index contributed by atoms with van der Waals surface area (Å²) < 4.78 is 10.5. The Morgan fingerprint density at radius 3 is 2.41 bits per heavy atom. The Morgan fingerprint density at radius 1 is 1.23 bits per heavy atom. The van der Waals surface area contributed by atoms with Gasteiger partial charge in [0.15, 0.2) is 0 Å². The Morgan fingerprint density at radius 2 is 1.86 bits per heavy atom. The maximum atomic E-state index is 12.1. The van der Waals surface area contributed by atoms with Gasteiger partial charge in [-0.15, -0.1) is 6.58 Å². The van der Waals surface area contributed by atoms with Crippen molar-refractivity contribution in [2.75, 3.05) is 0 Å². The Kier molecular flexibility index (Phi) is 6.83. The number of esters is 2. The fourth-order valence-corrected chi connectivity index (χ4v) is 1.89. The standard InChI is InChI=1S/C18H24O4/c1-5-9-15(12-16(19)22-18(2,3)4)17(20)21-13-14-10-7-6-8-11-14/h5-8,10-11,15H,1,9,12-13H2,2-4H3/t15-/m0/s1. The number of hydrogen-bond acceptors (Lipinski definition) is 4. The van der Waals surface area contributed by atoms with Gasteiger partial charge in [-0.25, -0.2) is 0 Å². The second-order valence-corrected chi connectivity index (χ2v) is 6.11. The van der Waals surface area contributed by atoms with E-state index in [1.807, 2.05) is 30.3 Å². The van der Waals surface area contributed by atoms with Gasteiger partial charge < -0.3 is 9.47 Å².